The van der Waals surface area contributed by atoms with Crippen molar-refractivity contribution >= 4 is 48.8 Å². The summed E-state index contributed by atoms with van der Waals surface area (Å²) in [7, 11) is 1.27. The van der Waals surface area contributed by atoms with Crippen molar-refractivity contribution < 1.29 is 13.2 Å². The second kappa shape index (κ2) is 7.50. The Labute approximate surface area is 132 Å². The van der Waals surface area contributed by atoms with E-state index < -0.39 is 15.0 Å². The molecular weight excluding hydrogens is 345 g/mol. The number of unbranched alkanes of at least 4 members (excludes halogenated alkanes) is 2. The maximum absolute atomic E-state index is 12.0. The van der Waals surface area contributed by atoms with E-state index in [2.05, 4.69) is 5.32 Å². The number of hydrogen-bond donors (Lipinski definition) is 1. The lowest BCUT2D eigenvalue weighted by atomic mass is 10.2. The molecule has 0 spiro atoms. The van der Waals surface area contributed by atoms with Crippen molar-refractivity contribution in [1.29, 1.82) is 0 Å². The molecule has 0 fully saturated rings. The number of carbonyl (C=O) groups is 1. The molecule has 1 aromatic rings. The lowest BCUT2D eigenvalue weighted by molar-refractivity contribution is 0.0953. The molecule has 0 unspecified atom stereocenters. The van der Waals surface area contributed by atoms with Gasteiger partial charge in [-0.25, -0.2) is 8.42 Å². The highest BCUT2D eigenvalue weighted by Gasteiger charge is 2.19. The van der Waals surface area contributed by atoms with E-state index >= 15 is 0 Å². The molecule has 0 saturated carbocycles. The molecule has 0 aliphatic heterocycles. The monoisotopic (exact) mass is 357 g/mol. The molecule has 112 valence electrons. The molecule has 0 radical (unpaired) electrons. The quantitative estimate of drug-likeness (QED) is 0.620. The summed E-state index contributed by atoms with van der Waals surface area (Å²) in [5, 5.41) is 2.63. The van der Waals surface area contributed by atoms with E-state index in [4.69, 9.17) is 33.9 Å². The van der Waals surface area contributed by atoms with Gasteiger partial charge in [0.1, 0.15) is 0 Å². The second-order valence-electron chi connectivity index (χ2n) is 4.17. The van der Waals surface area contributed by atoms with E-state index in [1.54, 1.807) is 0 Å². The van der Waals surface area contributed by atoms with Gasteiger partial charge in [0, 0.05) is 17.2 Å². The molecule has 8 heteroatoms. The predicted octanol–water partition coefficient (Wildman–Crippen LogP) is 3.84. The number of benzene rings is 1. The Morgan fingerprint density at radius 2 is 1.90 bits per heavy atom. The van der Waals surface area contributed by atoms with E-state index in [0.717, 1.165) is 31.4 Å². The largest absolute Gasteiger partial charge is 0.352 e. The molecule has 0 atom stereocenters. The van der Waals surface area contributed by atoms with Crippen LogP contribution >= 0.6 is 33.9 Å². The number of rotatable bonds is 6. The Hall–Kier alpha value is -0.490. The van der Waals surface area contributed by atoms with E-state index in [9.17, 15) is 13.2 Å². The van der Waals surface area contributed by atoms with Crippen LogP contribution in [0.15, 0.2) is 17.0 Å². The zero-order chi connectivity index (χ0) is 15.3. The minimum absolute atomic E-state index is 0.00345. The number of amides is 1. The Bertz CT molecular complexity index is 602. The summed E-state index contributed by atoms with van der Waals surface area (Å²) in [4.78, 5) is 11.7. The highest BCUT2D eigenvalue weighted by atomic mass is 35.7. The van der Waals surface area contributed by atoms with E-state index in [-0.39, 0.29) is 20.5 Å². The van der Waals surface area contributed by atoms with Crippen LogP contribution in [0.3, 0.4) is 0 Å². The fourth-order valence-electron chi connectivity index (χ4n) is 1.54. The summed E-state index contributed by atoms with van der Waals surface area (Å²) in [6.07, 6.45) is 2.86. The van der Waals surface area contributed by atoms with Gasteiger partial charge >= 0.3 is 0 Å². The fraction of sp³-hybridized carbons (Fsp3) is 0.417. The minimum Gasteiger partial charge on any atom is -0.352 e. The van der Waals surface area contributed by atoms with Gasteiger partial charge in [-0.15, -0.1) is 0 Å². The SMILES string of the molecule is CCCCCNC(=O)c1cc(S(=O)(=O)Cl)cc(Cl)c1Cl. The van der Waals surface area contributed by atoms with Gasteiger partial charge < -0.3 is 5.32 Å². The first kappa shape index (κ1) is 17.6. The second-order valence-corrected chi connectivity index (χ2v) is 7.52. The van der Waals surface area contributed by atoms with Crippen molar-refractivity contribution in [1.82, 2.24) is 5.32 Å². The van der Waals surface area contributed by atoms with Gasteiger partial charge in [-0.05, 0) is 18.6 Å². The molecule has 1 aromatic carbocycles. The summed E-state index contributed by atoms with van der Waals surface area (Å²) in [6, 6.07) is 2.23. The fourth-order valence-corrected chi connectivity index (χ4v) is 2.81. The molecule has 0 bridgehead atoms. The number of nitrogens with one attached hydrogen (secondary N) is 1. The lowest BCUT2D eigenvalue weighted by Gasteiger charge is -2.09. The van der Waals surface area contributed by atoms with Crippen molar-refractivity contribution in [3.8, 4) is 0 Å². The topological polar surface area (TPSA) is 63.2 Å². The van der Waals surface area contributed by atoms with E-state index in [1.165, 1.54) is 0 Å². The first-order chi connectivity index (χ1) is 9.27. The van der Waals surface area contributed by atoms with Gasteiger partial charge in [-0.3, -0.25) is 4.79 Å². The molecule has 1 N–H and O–H groups in total. The van der Waals surface area contributed by atoms with Crippen LogP contribution in [-0.4, -0.2) is 20.9 Å². The molecule has 0 saturated heterocycles. The maximum atomic E-state index is 12.0. The Kier molecular flexibility index (Phi) is 6.58. The van der Waals surface area contributed by atoms with Gasteiger partial charge in [-0.2, -0.15) is 0 Å². The van der Waals surface area contributed by atoms with Gasteiger partial charge in [-0.1, -0.05) is 43.0 Å². The normalized spacial score (nSPS) is 11.4. The van der Waals surface area contributed by atoms with Crippen LogP contribution in [0.4, 0.5) is 0 Å². The van der Waals surface area contributed by atoms with Gasteiger partial charge in [0.2, 0.25) is 0 Å². The maximum Gasteiger partial charge on any atom is 0.261 e. The zero-order valence-corrected chi connectivity index (χ0v) is 13.8. The van der Waals surface area contributed by atoms with Crippen LogP contribution in [0.1, 0.15) is 36.5 Å². The molecule has 1 amide bonds. The van der Waals surface area contributed by atoms with Crippen LogP contribution in [0.2, 0.25) is 10.0 Å². The van der Waals surface area contributed by atoms with Gasteiger partial charge in [0.25, 0.3) is 15.0 Å². The number of hydrogen-bond acceptors (Lipinski definition) is 3. The summed E-state index contributed by atoms with van der Waals surface area (Å²) in [6.45, 7) is 2.53. The lowest BCUT2D eigenvalue weighted by Crippen LogP contribution is -2.25. The van der Waals surface area contributed by atoms with Crippen LogP contribution in [0, 0.1) is 0 Å². The first-order valence-electron chi connectivity index (χ1n) is 5.99. The Balaban J connectivity index is 2.99. The Morgan fingerprint density at radius 3 is 2.45 bits per heavy atom. The molecule has 0 aliphatic carbocycles. The molecule has 0 aromatic heterocycles. The average Bonchev–Trinajstić information content (AvgIpc) is 2.36. The van der Waals surface area contributed by atoms with Crippen molar-refractivity contribution in [2.24, 2.45) is 0 Å². The van der Waals surface area contributed by atoms with E-state index in [0.29, 0.717) is 6.54 Å². The van der Waals surface area contributed by atoms with Crippen LogP contribution in [-0.2, 0) is 9.05 Å². The highest BCUT2D eigenvalue weighted by Crippen LogP contribution is 2.30. The van der Waals surface area contributed by atoms with Crippen LogP contribution in [0.5, 0.6) is 0 Å². The highest BCUT2D eigenvalue weighted by molar-refractivity contribution is 8.13. The van der Waals surface area contributed by atoms with E-state index in [1.807, 2.05) is 6.92 Å². The third kappa shape index (κ3) is 4.81. The predicted molar refractivity (Wildman–Crippen MR) is 81.4 cm³/mol. The molecule has 1 rings (SSSR count). The molecule has 0 heterocycles. The van der Waals surface area contributed by atoms with Crippen LogP contribution in [0.25, 0.3) is 0 Å². The summed E-state index contributed by atoms with van der Waals surface area (Å²) in [5.74, 6) is -0.477. The summed E-state index contributed by atoms with van der Waals surface area (Å²) in [5.41, 5.74) is -0.00473. The third-order valence-corrected chi connectivity index (χ3v) is 4.73. The Morgan fingerprint density at radius 1 is 1.25 bits per heavy atom. The summed E-state index contributed by atoms with van der Waals surface area (Å²) >= 11 is 11.7. The van der Waals surface area contributed by atoms with Crippen LogP contribution < -0.4 is 5.32 Å². The van der Waals surface area contributed by atoms with Crippen molar-refractivity contribution in [3.05, 3.63) is 27.7 Å². The van der Waals surface area contributed by atoms with Gasteiger partial charge in [0.15, 0.2) is 0 Å². The van der Waals surface area contributed by atoms with Crippen molar-refractivity contribution in [2.45, 2.75) is 31.1 Å². The van der Waals surface area contributed by atoms with Crippen molar-refractivity contribution in [2.75, 3.05) is 6.54 Å². The van der Waals surface area contributed by atoms with Crippen molar-refractivity contribution in [3.63, 3.8) is 0 Å². The molecule has 20 heavy (non-hydrogen) atoms. The molecule has 4 nitrogen and oxygen atoms in total. The third-order valence-electron chi connectivity index (χ3n) is 2.59. The number of carbonyl (C=O) groups excluding carboxylic acids is 1. The molecule has 0 aliphatic rings. The first-order valence-corrected chi connectivity index (χ1v) is 9.05. The summed E-state index contributed by atoms with van der Waals surface area (Å²) < 4.78 is 22.6. The molecular formula is C12H14Cl3NO3S. The standard InChI is InChI=1S/C12H14Cl3NO3S/c1-2-3-4-5-16-12(17)9-6-8(20(15,18)19)7-10(13)11(9)14/h6-7H,2-5H2,1H3,(H,16,17). The zero-order valence-electron chi connectivity index (χ0n) is 10.8. The number of halogens is 3. The smallest absolute Gasteiger partial charge is 0.261 e. The van der Waals surface area contributed by atoms with Gasteiger partial charge in [0.05, 0.1) is 20.5 Å². The average molecular weight is 359 g/mol. The minimum atomic E-state index is -3.98.